The van der Waals surface area contributed by atoms with Gasteiger partial charge in [-0.3, -0.25) is 14.5 Å². The van der Waals surface area contributed by atoms with Crippen molar-refractivity contribution in [3.63, 3.8) is 0 Å². The van der Waals surface area contributed by atoms with E-state index in [0.29, 0.717) is 6.04 Å². The van der Waals surface area contributed by atoms with Gasteiger partial charge in [0, 0.05) is 12.1 Å². The van der Waals surface area contributed by atoms with Crippen LogP contribution >= 0.6 is 0 Å². The van der Waals surface area contributed by atoms with E-state index in [1.54, 1.807) is 0 Å². The van der Waals surface area contributed by atoms with E-state index in [1.165, 1.54) is 6.07 Å². The van der Waals surface area contributed by atoms with Crippen LogP contribution in [-0.4, -0.2) is 35.3 Å². The highest BCUT2D eigenvalue weighted by Gasteiger charge is 2.44. The van der Waals surface area contributed by atoms with Crippen molar-refractivity contribution in [1.82, 2.24) is 4.90 Å². The number of likely N-dealkylation sites (tertiary alicyclic amines) is 1. The molecule has 4 nitrogen and oxygen atoms in total. The maximum absolute atomic E-state index is 13.4. The molecule has 0 aromatic heterocycles. The number of hydrogen-bond donors (Lipinski definition) is 0. The predicted octanol–water partition coefficient (Wildman–Crippen LogP) is 2.86. The van der Waals surface area contributed by atoms with Crippen LogP contribution in [0.3, 0.4) is 0 Å². The maximum Gasteiger partial charge on any atom is 0.251 e. The van der Waals surface area contributed by atoms with E-state index in [4.69, 9.17) is 0 Å². The fourth-order valence-corrected chi connectivity index (χ4v) is 3.64. The molecule has 23 heavy (non-hydrogen) atoms. The summed E-state index contributed by atoms with van der Waals surface area (Å²) in [6.45, 7) is 2.88. The van der Waals surface area contributed by atoms with Crippen LogP contribution in [0.25, 0.3) is 0 Å². The second-order valence-corrected chi connectivity index (χ2v) is 6.18. The molecule has 2 aliphatic heterocycles. The lowest BCUT2D eigenvalue weighted by molar-refractivity contribution is -0.123. The van der Waals surface area contributed by atoms with Crippen LogP contribution < -0.4 is 4.90 Å². The molecule has 124 valence electrons. The molecule has 0 radical (unpaired) electrons. The number of benzene rings is 1. The Bertz CT molecular complexity index is 635. The number of hydrogen-bond acceptors (Lipinski definition) is 3. The third-order valence-corrected chi connectivity index (χ3v) is 4.83. The fourth-order valence-electron chi connectivity index (χ4n) is 3.64. The van der Waals surface area contributed by atoms with E-state index in [2.05, 4.69) is 11.8 Å². The molecule has 0 saturated carbocycles. The van der Waals surface area contributed by atoms with Gasteiger partial charge in [-0.2, -0.15) is 0 Å². The highest BCUT2D eigenvalue weighted by molar-refractivity contribution is 6.22. The van der Waals surface area contributed by atoms with Gasteiger partial charge in [0.05, 0.1) is 18.2 Å². The third kappa shape index (κ3) is 2.87. The summed E-state index contributed by atoms with van der Waals surface area (Å²) in [5.41, 5.74) is 0.103. The monoisotopic (exact) mass is 322 g/mol. The number of rotatable bonds is 3. The quantitative estimate of drug-likeness (QED) is 0.804. The van der Waals surface area contributed by atoms with E-state index in [1.807, 2.05) is 0 Å². The van der Waals surface area contributed by atoms with Crippen LogP contribution in [0.15, 0.2) is 18.2 Å². The predicted molar refractivity (Wildman–Crippen MR) is 81.9 cm³/mol. The zero-order chi connectivity index (χ0) is 16.6. The van der Waals surface area contributed by atoms with Gasteiger partial charge < -0.3 is 0 Å². The first kappa shape index (κ1) is 16.1. The van der Waals surface area contributed by atoms with Crippen LogP contribution in [0.4, 0.5) is 14.5 Å². The summed E-state index contributed by atoms with van der Waals surface area (Å²) in [4.78, 5) is 28.1. The standard InChI is InChI=1S/C17H20F2N2O2/c1-2-11-5-3-4-8-20(11)15-10-16(22)21(17(15)23)12-6-7-13(18)14(19)9-12/h6-7,9,11,15H,2-5,8,10H2,1H3/t11-,15-/m1/s1. The number of nitrogens with zero attached hydrogens (tertiary/aromatic N) is 2. The second-order valence-electron chi connectivity index (χ2n) is 6.18. The van der Waals surface area contributed by atoms with Crippen LogP contribution in [0, 0.1) is 11.6 Å². The van der Waals surface area contributed by atoms with Crippen molar-refractivity contribution < 1.29 is 18.4 Å². The van der Waals surface area contributed by atoms with Gasteiger partial charge in [-0.1, -0.05) is 13.3 Å². The van der Waals surface area contributed by atoms with Gasteiger partial charge in [0.25, 0.3) is 5.91 Å². The van der Waals surface area contributed by atoms with E-state index in [0.717, 1.165) is 49.3 Å². The van der Waals surface area contributed by atoms with E-state index in [9.17, 15) is 18.4 Å². The van der Waals surface area contributed by atoms with E-state index >= 15 is 0 Å². The molecule has 1 aromatic rings. The van der Waals surface area contributed by atoms with Crippen LogP contribution in [0.5, 0.6) is 0 Å². The number of anilines is 1. The van der Waals surface area contributed by atoms with Crippen LogP contribution in [0.2, 0.25) is 0 Å². The molecule has 0 unspecified atom stereocenters. The molecule has 2 amide bonds. The van der Waals surface area contributed by atoms with Crippen molar-refractivity contribution in [3.8, 4) is 0 Å². The lowest BCUT2D eigenvalue weighted by Gasteiger charge is -2.38. The van der Waals surface area contributed by atoms with Gasteiger partial charge in [0.1, 0.15) is 0 Å². The van der Waals surface area contributed by atoms with Crippen molar-refractivity contribution in [2.45, 2.75) is 51.1 Å². The Morgan fingerprint density at radius 2 is 1.96 bits per heavy atom. The summed E-state index contributed by atoms with van der Waals surface area (Å²) >= 11 is 0. The Kier molecular flexibility index (Phi) is 4.43. The molecule has 0 spiro atoms. The smallest absolute Gasteiger partial charge is 0.251 e. The van der Waals surface area contributed by atoms with Crippen molar-refractivity contribution in [2.24, 2.45) is 0 Å². The summed E-state index contributed by atoms with van der Waals surface area (Å²) in [7, 11) is 0. The Morgan fingerprint density at radius 3 is 2.65 bits per heavy atom. The molecule has 2 heterocycles. The number of carbonyl (C=O) groups excluding carboxylic acids is 2. The van der Waals surface area contributed by atoms with Crippen molar-refractivity contribution in [3.05, 3.63) is 29.8 Å². The average molecular weight is 322 g/mol. The van der Waals surface area contributed by atoms with Crippen molar-refractivity contribution in [2.75, 3.05) is 11.4 Å². The van der Waals surface area contributed by atoms with Gasteiger partial charge in [0.15, 0.2) is 11.6 Å². The number of carbonyl (C=O) groups is 2. The largest absolute Gasteiger partial charge is 0.289 e. The Morgan fingerprint density at radius 1 is 1.17 bits per heavy atom. The molecule has 3 rings (SSSR count). The summed E-state index contributed by atoms with van der Waals surface area (Å²) in [5.74, 6) is -2.74. The number of halogens is 2. The third-order valence-electron chi connectivity index (χ3n) is 4.83. The van der Waals surface area contributed by atoms with Gasteiger partial charge in [-0.05, 0) is 37.9 Å². The SMILES string of the molecule is CC[C@@H]1CCCCN1[C@@H]1CC(=O)N(c2ccc(F)c(F)c2)C1=O. The molecule has 2 atom stereocenters. The fraction of sp³-hybridized carbons (Fsp3) is 0.529. The molecule has 2 aliphatic rings. The lowest BCUT2D eigenvalue weighted by Crippen LogP contribution is -2.49. The van der Waals surface area contributed by atoms with Gasteiger partial charge >= 0.3 is 0 Å². The second kappa shape index (κ2) is 6.35. The molecule has 2 fully saturated rings. The molecule has 0 bridgehead atoms. The molecular weight excluding hydrogens is 302 g/mol. The molecule has 2 saturated heterocycles. The normalized spacial score (nSPS) is 26.1. The van der Waals surface area contributed by atoms with E-state index in [-0.39, 0.29) is 23.9 Å². The minimum Gasteiger partial charge on any atom is -0.289 e. The highest BCUT2D eigenvalue weighted by atomic mass is 19.2. The average Bonchev–Trinajstić information content (AvgIpc) is 2.85. The van der Waals surface area contributed by atoms with Crippen molar-refractivity contribution >= 4 is 17.5 Å². The lowest BCUT2D eigenvalue weighted by atomic mass is 9.97. The summed E-state index contributed by atoms with van der Waals surface area (Å²) in [6, 6.07) is 2.93. The minimum absolute atomic E-state index is 0.103. The van der Waals surface area contributed by atoms with Gasteiger partial charge in [-0.15, -0.1) is 0 Å². The Hall–Kier alpha value is -1.82. The number of amides is 2. The Balaban J connectivity index is 1.86. The number of imide groups is 1. The zero-order valence-electron chi connectivity index (χ0n) is 13.1. The molecule has 6 heteroatoms. The summed E-state index contributed by atoms with van der Waals surface area (Å²) < 4.78 is 26.5. The van der Waals surface area contributed by atoms with Crippen molar-refractivity contribution in [1.29, 1.82) is 0 Å². The van der Waals surface area contributed by atoms with E-state index < -0.39 is 17.7 Å². The molecular formula is C17H20F2N2O2. The van der Waals surface area contributed by atoms with Gasteiger partial charge in [-0.25, -0.2) is 13.7 Å². The van der Waals surface area contributed by atoms with Gasteiger partial charge in [0.2, 0.25) is 5.91 Å². The van der Waals surface area contributed by atoms with Crippen LogP contribution in [-0.2, 0) is 9.59 Å². The Labute approximate surface area is 134 Å². The molecule has 1 aromatic carbocycles. The maximum atomic E-state index is 13.4. The minimum atomic E-state index is -1.06. The first-order valence-corrected chi connectivity index (χ1v) is 8.10. The molecule has 0 aliphatic carbocycles. The van der Waals surface area contributed by atoms with Crippen LogP contribution in [0.1, 0.15) is 39.0 Å². The molecule has 0 N–H and O–H groups in total. The summed E-state index contributed by atoms with van der Waals surface area (Å²) in [5, 5.41) is 0. The highest BCUT2D eigenvalue weighted by Crippen LogP contribution is 2.31. The topological polar surface area (TPSA) is 40.6 Å². The number of piperidine rings is 1. The summed E-state index contributed by atoms with van der Waals surface area (Å²) in [6.07, 6.45) is 4.22. The first-order chi connectivity index (χ1) is 11.0. The zero-order valence-corrected chi connectivity index (χ0v) is 13.1. The first-order valence-electron chi connectivity index (χ1n) is 8.10.